The molecule has 0 aromatic rings. The Bertz CT molecular complexity index is 696. The van der Waals surface area contributed by atoms with Crippen LogP contribution in [0.2, 0.25) is 0 Å². The normalized spacial score (nSPS) is 49.6. The number of aliphatic carboxylic acids is 1. The van der Waals surface area contributed by atoms with Crippen LogP contribution in [-0.4, -0.2) is 28.2 Å². The molecule has 0 amide bonds. The van der Waals surface area contributed by atoms with Crippen molar-refractivity contribution in [2.75, 3.05) is 0 Å². The number of fused-ring (bicyclic) bond motifs is 5. The molecule has 0 saturated heterocycles. The second-order valence-electron chi connectivity index (χ2n) is 12.2. The van der Waals surface area contributed by atoms with Gasteiger partial charge in [-0.3, -0.25) is 4.79 Å². The van der Waals surface area contributed by atoms with Crippen molar-refractivity contribution in [2.24, 2.45) is 52.3 Å². The molecule has 4 fully saturated rings. The monoisotopic (exact) mass is 440 g/mol. The first-order valence-corrected chi connectivity index (χ1v) is 12.7. The number of halogens is 2. The molecule has 0 heterocycles. The summed E-state index contributed by atoms with van der Waals surface area (Å²) in [5, 5.41) is 20.8. The van der Waals surface area contributed by atoms with Crippen molar-refractivity contribution in [2.45, 2.75) is 104 Å². The maximum absolute atomic E-state index is 14.4. The Labute approximate surface area is 186 Å². The average molecular weight is 441 g/mol. The zero-order chi connectivity index (χ0) is 22.8. The van der Waals surface area contributed by atoms with Gasteiger partial charge in [0.25, 0.3) is 0 Å². The van der Waals surface area contributed by atoms with Gasteiger partial charge in [0.1, 0.15) is 0 Å². The Morgan fingerprint density at radius 2 is 1.71 bits per heavy atom. The largest absolute Gasteiger partial charge is 0.481 e. The smallest absolute Gasteiger partial charge is 0.303 e. The van der Waals surface area contributed by atoms with Crippen LogP contribution in [0.15, 0.2) is 0 Å². The molecule has 31 heavy (non-hydrogen) atoms. The van der Waals surface area contributed by atoms with Crippen molar-refractivity contribution >= 4 is 5.97 Å². The number of hydrogen-bond donors (Lipinski definition) is 2. The van der Waals surface area contributed by atoms with E-state index in [0.29, 0.717) is 36.5 Å². The van der Waals surface area contributed by atoms with Gasteiger partial charge in [0, 0.05) is 19.3 Å². The molecule has 0 radical (unpaired) electrons. The molecule has 3 nitrogen and oxygen atoms in total. The third-order valence-corrected chi connectivity index (χ3v) is 11.0. The summed E-state index contributed by atoms with van der Waals surface area (Å²) in [6.45, 7) is 8.93. The van der Waals surface area contributed by atoms with Gasteiger partial charge in [-0.25, -0.2) is 8.78 Å². The van der Waals surface area contributed by atoms with Crippen molar-refractivity contribution in [1.29, 1.82) is 0 Å². The molecule has 5 heteroatoms. The fraction of sp³-hybridized carbons (Fsp3) is 0.962. The molecule has 2 N–H and O–H groups in total. The first kappa shape index (κ1) is 23.4. The quantitative estimate of drug-likeness (QED) is 0.521. The first-order valence-electron chi connectivity index (χ1n) is 12.7. The molecule has 10 atom stereocenters. The molecule has 0 unspecified atom stereocenters. The lowest BCUT2D eigenvalue weighted by Gasteiger charge is -2.65. The molecule has 0 aromatic carbocycles. The maximum atomic E-state index is 14.4. The highest BCUT2D eigenvalue weighted by Gasteiger charge is 2.66. The summed E-state index contributed by atoms with van der Waals surface area (Å²) in [5.74, 6) is -1.63. The van der Waals surface area contributed by atoms with Crippen molar-refractivity contribution in [3.8, 4) is 0 Å². The lowest BCUT2D eigenvalue weighted by Crippen LogP contribution is -2.62. The van der Waals surface area contributed by atoms with Crippen LogP contribution in [-0.2, 0) is 4.79 Å². The Morgan fingerprint density at radius 3 is 2.35 bits per heavy atom. The van der Waals surface area contributed by atoms with Gasteiger partial charge in [0.05, 0.1) is 6.10 Å². The van der Waals surface area contributed by atoms with E-state index in [2.05, 4.69) is 27.7 Å². The summed E-state index contributed by atoms with van der Waals surface area (Å²) in [5.41, 5.74) is 0.0285. The third kappa shape index (κ3) is 3.65. The summed E-state index contributed by atoms with van der Waals surface area (Å²) >= 11 is 0. The minimum atomic E-state index is -2.59. The van der Waals surface area contributed by atoms with Crippen LogP contribution in [0.25, 0.3) is 0 Å². The van der Waals surface area contributed by atoms with E-state index in [1.165, 1.54) is 0 Å². The molecule has 4 aliphatic carbocycles. The van der Waals surface area contributed by atoms with Gasteiger partial charge in [0.2, 0.25) is 5.92 Å². The van der Waals surface area contributed by atoms with E-state index in [9.17, 15) is 18.7 Å². The van der Waals surface area contributed by atoms with Gasteiger partial charge < -0.3 is 10.2 Å². The fourth-order valence-electron chi connectivity index (χ4n) is 9.41. The van der Waals surface area contributed by atoms with Crippen LogP contribution in [0.5, 0.6) is 0 Å². The van der Waals surface area contributed by atoms with Crippen LogP contribution in [0.3, 0.4) is 0 Å². The Balaban J connectivity index is 1.62. The van der Waals surface area contributed by atoms with Crippen LogP contribution in [0, 0.1) is 52.3 Å². The Morgan fingerprint density at radius 1 is 1.03 bits per heavy atom. The highest BCUT2D eigenvalue weighted by molar-refractivity contribution is 5.66. The summed E-state index contributed by atoms with van der Waals surface area (Å²) in [7, 11) is 0. The zero-order valence-corrected chi connectivity index (χ0v) is 19.7. The predicted molar refractivity (Wildman–Crippen MR) is 117 cm³/mol. The summed E-state index contributed by atoms with van der Waals surface area (Å²) in [6, 6.07) is 0. The number of carbonyl (C=O) groups is 1. The summed E-state index contributed by atoms with van der Waals surface area (Å²) in [4.78, 5) is 11.1. The van der Waals surface area contributed by atoms with Gasteiger partial charge in [-0.1, -0.05) is 34.1 Å². The third-order valence-electron chi connectivity index (χ3n) is 11.0. The van der Waals surface area contributed by atoms with E-state index < -0.39 is 18.0 Å². The number of aliphatic hydroxyl groups is 1. The second kappa shape index (κ2) is 7.95. The topological polar surface area (TPSA) is 57.5 Å². The van der Waals surface area contributed by atoms with Gasteiger partial charge in [-0.2, -0.15) is 0 Å². The van der Waals surface area contributed by atoms with Crippen molar-refractivity contribution in [1.82, 2.24) is 0 Å². The molecule has 0 aliphatic heterocycles. The summed E-state index contributed by atoms with van der Waals surface area (Å²) < 4.78 is 28.9. The number of carboxylic acids is 1. The van der Waals surface area contributed by atoms with Gasteiger partial charge in [0.15, 0.2) is 0 Å². The van der Waals surface area contributed by atoms with Crippen molar-refractivity contribution in [3.05, 3.63) is 0 Å². The first-order chi connectivity index (χ1) is 14.4. The number of alkyl halides is 2. The molecule has 4 aliphatic rings. The zero-order valence-electron chi connectivity index (χ0n) is 19.7. The van der Waals surface area contributed by atoms with E-state index in [1.807, 2.05) is 0 Å². The average Bonchev–Trinajstić information content (AvgIpc) is 3.05. The standard InChI is InChI=1S/C26H42F2O3/c1-5-16-20-14-26(27,28)13-12-25(20,4)19-10-11-24(3)17(15(2)6-9-21(29)30)7-8-18(24)22(19)23(16)31/h15-20,22-23,31H,5-14H2,1-4H3,(H,29,30)/t15-,16-,17-,18+,19+,20+,22+,23-,24-,25-/m1/s1. The summed E-state index contributed by atoms with van der Waals surface area (Å²) in [6.07, 6.45) is 6.03. The van der Waals surface area contributed by atoms with Gasteiger partial charge >= 0.3 is 5.97 Å². The Hall–Kier alpha value is -0.710. The maximum Gasteiger partial charge on any atom is 0.303 e. The van der Waals surface area contributed by atoms with Crippen LogP contribution >= 0.6 is 0 Å². The SMILES string of the molecule is CC[C@H]1[C@@H](O)[C@@H]2[C@H](CC[C@]3(C)[C@@H]([C@H](C)CCC(=O)O)CC[C@@H]23)[C@@]2(C)CCC(F)(F)C[C@@H]12. The molecule has 4 saturated carbocycles. The van der Waals surface area contributed by atoms with Crippen LogP contribution in [0.4, 0.5) is 8.78 Å². The molecule has 0 bridgehead atoms. The molecular formula is C26H42F2O3. The lowest BCUT2D eigenvalue weighted by atomic mass is 9.41. The van der Waals surface area contributed by atoms with Gasteiger partial charge in [-0.15, -0.1) is 0 Å². The van der Waals surface area contributed by atoms with Crippen LogP contribution < -0.4 is 0 Å². The minimum absolute atomic E-state index is 0.00741. The minimum Gasteiger partial charge on any atom is -0.481 e. The van der Waals surface area contributed by atoms with E-state index >= 15 is 0 Å². The van der Waals surface area contributed by atoms with E-state index in [4.69, 9.17) is 5.11 Å². The molecule has 0 aromatic heterocycles. The molecule has 178 valence electrons. The molecule has 0 spiro atoms. The number of aliphatic hydroxyl groups excluding tert-OH is 1. The van der Waals surface area contributed by atoms with E-state index in [1.54, 1.807) is 0 Å². The van der Waals surface area contributed by atoms with Crippen molar-refractivity contribution < 1.29 is 23.8 Å². The molecular weight excluding hydrogens is 398 g/mol. The van der Waals surface area contributed by atoms with E-state index in [-0.39, 0.29) is 47.8 Å². The van der Waals surface area contributed by atoms with Crippen LogP contribution in [0.1, 0.15) is 91.9 Å². The van der Waals surface area contributed by atoms with Crippen molar-refractivity contribution in [3.63, 3.8) is 0 Å². The lowest BCUT2D eigenvalue weighted by molar-refractivity contribution is -0.222. The highest BCUT2D eigenvalue weighted by Crippen LogP contribution is 2.70. The second-order valence-corrected chi connectivity index (χ2v) is 12.2. The fourth-order valence-corrected chi connectivity index (χ4v) is 9.41. The Kier molecular flexibility index (Phi) is 6.02. The number of rotatable bonds is 5. The van der Waals surface area contributed by atoms with E-state index in [0.717, 1.165) is 32.1 Å². The predicted octanol–water partition coefficient (Wildman–Crippen LogP) is 6.39. The number of carboxylic acid groups (broad SMARTS) is 1. The van der Waals surface area contributed by atoms with Gasteiger partial charge in [-0.05, 0) is 90.8 Å². The number of hydrogen-bond acceptors (Lipinski definition) is 2. The highest BCUT2D eigenvalue weighted by atomic mass is 19.3. The molecule has 4 rings (SSSR count).